The summed E-state index contributed by atoms with van der Waals surface area (Å²) in [4.78, 5) is 11.7. The first kappa shape index (κ1) is 12.5. The van der Waals surface area contributed by atoms with Crippen molar-refractivity contribution in [2.45, 2.75) is 32.6 Å². The van der Waals surface area contributed by atoms with Crippen LogP contribution in [-0.4, -0.2) is 5.78 Å². The minimum Gasteiger partial charge on any atom is -0.402 e. The third-order valence-electron chi connectivity index (χ3n) is 2.44. The molecule has 0 fully saturated rings. The van der Waals surface area contributed by atoms with Crippen LogP contribution in [0.2, 0.25) is 0 Å². The molecule has 0 heterocycles. The average molecular weight is 217 g/mol. The van der Waals surface area contributed by atoms with Gasteiger partial charge in [0, 0.05) is 17.3 Å². The fourth-order valence-corrected chi connectivity index (χ4v) is 1.51. The van der Waals surface area contributed by atoms with Crippen LogP contribution in [0, 0.1) is 0 Å². The Morgan fingerprint density at radius 3 is 2.56 bits per heavy atom. The van der Waals surface area contributed by atoms with Crippen molar-refractivity contribution in [3.8, 4) is 0 Å². The van der Waals surface area contributed by atoms with Crippen LogP contribution < -0.4 is 5.73 Å². The van der Waals surface area contributed by atoms with Crippen LogP contribution in [0.15, 0.2) is 42.1 Å². The van der Waals surface area contributed by atoms with E-state index in [2.05, 4.69) is 6.92 Å². The van der Waals surface area contributed by atoms with Gasteiger partial charge in [-0.1, -0.05) is 50.1 Å². The Morgan fingerprint density at radius 2 is 1.94 bits per heavy atom. The molecule has 0 aromatic heterocycles. The molecule has 0 aliphatic carbocycles. The van der Waals surface area contributed by atoms with Gasteiger partial charge in [-0.05, 0) is 12.8 Å². The minimum atomic E-state index is -0.00500. The lowest BCUT2D eigenvalue weighted by molar-refractivity contribution is 0.104. The van der Waals surface area contributed by atoms with Crippen molar-refractivity contribution >= 4 is 5.78 Å². The molecule has 0 saturated heterocycles. The largest absolute Gasteiger partial charge is 0.402 e. The number of rotatable bonds is 6. The maximum Gasteiger partial charge on any atom is 0.187 e. The quantitative estimate of drug-likeness (QED) is 0.451. The standard InChI is InChI=1S/C14H19NO/c1-2-3-5-10-13(15)11-14(16)12-8-6-4-7-9-12/h4,6-9,11H,2-3,5,10,15H2,1H3/b13-11-. The highest BCUT2D eigenvalue weighted by molar-refractivity contribution is 6.04. The first-order chi connectivity index (χ1) is 7.74. The minimum absolute atomic E-state index is 0.00500. The predicted molar refractivity (Wildman–Crippen MR) is 67.2 cm³/mol. The summed E-state index contributed by atoms with van der Waals surface area (Å²) in [5.74, 6) is -0.00500. The molecule has 2 heteroatoms. The van der Waals surface area contributed by atoms with E-state index in [1.165, 1.54) is 6.42 Å². The van der Waals surface area contributed by atoms with Crippen LogP contribution in [0.4, 0.5) is 0 Å². The maximum atomic E-state index is 11.7. The number of hydrogen-bond acceptors (Lipinski definition) is 2. The molecule has 2 nitrogen and oxygen atoms in total. The van der Waals surface area contributed by atoms with Gasteiger partial charge < -0.3 is 5.73 Å². The first-order valence-corrected chi connectivity index (χ1v) is 5.79. The Labute approximate surface area is 97.2 Å². The molecule has 1 aromatic carbocycles. The SMILES string of the molecule is CCCCC/C(N)=C/C(=O)c1ccccc1. The number of nitrogens with two attached hydrogens (primary N) is 1. The van der Waals surface area contributed by atoms with Crippen molar-refractivity contribution in [3.63, 3.8) is 0 Å². The zero-order valence-electron chi connectivity index (χ0n) is 9.78. The van der Waals surface area contributed by atoms with Gasteiger partial charge in [0.15, 0.2) is 5.78 Å². The first-order valence-electron chi connectivity index (χ1n) is 5.79. The highest BCUT2D eigenvalue weighted by Crippen LogP contribution is 2.07. The molecule has 86 valence electrons. The molecule has 0 saturated carbocycles. The number of hydrogen-bond donors (Lipinski definition) is 1. The molecule has 0 aliphatic heterocycles. The number of benzene rings is 1. The summed E-state index contributed by atoms with van der Waals surface area (Å²) in [5, 5.41) is 0. The summed E-state index contributed by atoms with van der Waals surface area (Å²) < 4.78 is 0. The van der Waals surface area contributed by atoms with Gasteiger partial charge in [-0.2, -0.15) is 0 Å². The molecular weight excluding hydrogens is 198 g/mol. The van der Waals surface area contributed by atoms with Gasteiger partial charge in [-0.3, -0.25) is 4.79 Å². The zero-order valence-corrected chi connectivity index (χ0v) is 9.78. The smallest absolute Gasteiger partial charge is 0.187 e. The summed E-state index contributed by atoms with van der Waals surface area (Å²) >= 11 is 0. The number of carbonyl (C=O) groups excluding carboxylic acids is 1. The number of ketones is 1. The van der Waals surface area contributed by atoms with Gasteiger partial charge in [-0.25, -0.2) is 0 Å². The van der Waals surface area contributed by atoms with Crippen LogP contribution in [0.5, 0.6) is 0 Å². The van der Waals surface area contributed by atoms with Gasteiger partial charge in [0.1, 0.15) is 0 Å². The van der Waals surface area contributed by atoms with Crippen LogP contribution in [-0.2, 0) is 0 Å². The third kappa shape index (κ3) is 4.30. The fraction of sp³-hybridized carbons (Fsp3) is 0.357. The summed E-state index contributed by atoms with van der Waals surface area (Å²) in [6.07, 6.45) is 5.74. The van der Waals surface area contributed by atoms with Gasteiger partial charge in [0.2, 0.25) is 0 Å². The van der Waals surface area contributed by atoms with Crippen LogP contribution in [0.1, 0.15) is 43.0 Å². The van der Waals surface area contributed by atoms with E-state index in [0.29, 0.717) is 11.3 Å². The number of carbonyl (C=O) groups is 1. The second-order valence-electron chi connectivity index (χ2n) is 3.91. The van der Waals surface area contributed by atoms with Gasteiger partial charge >= 0.3 is 0 Å². The van der Waals surface area contributed by atoms with Gasteiger partial charge in [-0.15, -0.1) is 0 Å². The summed E-state index contributed by atoms with van der Waals surface area (Å²) in [6, 6.07) is 9.21. The Bertz CT molecular complexity index is 354. The molecule has 0 aliphatic rings. The normalized spacial score (nSPS) is 11.4. The molecule has 0 bridgehead atoms. The Kier molecular flexibility index (Phi) is 5.34. The Hall–Kier alpha value is -1.57. The van der Waals surface area contributed by atoms with E-state index in [1.54, 1.807) is 18.2 Å². The Balaban J connectivity index is 2.52. The van der Waals surface area contributed by atoms with E-state index in [0.717, 1.165) is 19.3 Å². The molecule has 16 heavy (non-hydrogen) atoms. The molecule has 1 aromatic rings. The number of unbranched alkanes of at least 4 members (excludes halogenated alkanes) is 2. The summed E-state index contributed by atoms with van der Waals surface area (Å²) in [6.45, 7) is 2.15. The van der Waals surface area contributed by atoms with Gasteiger partial charge in [0.25, 0.3) is 0 Å². The van der Waals surface area contributed by atoms with Crippen molar-refractivity contribution in [2.75, 3.05) is 0 Å². The predicted octanol–water partition coefficient (Wildman–Crippen LogP) is 3.29. The van der Waals surface area contributed by atoms with Crippen LogP contribution in [0.3, 0.4) is 0 Å². The van der Waals surface area contributed by atoms with Crippen molar-refractivity contribution < 1.29 is 4.79 Å². The van der Waals surface area contributed by atoms with E-state index in [1.807, 2.05) is 18.2 Å². The second kappa shape index (κ2) is 6.83. The summed E-state index contributed by atoms with van der Waals surface area (Å²) in [7, 11) is 0. The van der Waals surface area contributed by atoms with Crippen molar-refractivity contribution in [2.24, 2.45) is 5.73 Å². The molecule has 0 unspecified atom stereocenters. The monoisotopic (exact) mass is 217 g/mol. The molecule has 0 spiro atoms. The number of allylic oxidation sites excluding steroid dienone is 2. The summed E-state index contributed by atoms with van der Waals surface area (Å²) in [5.41, 5.74) is 7.17. The molecule has 0 atom stereocenters. The lowest BCUT2D eigenvalue weighted by Crippen LogP contribution is -2.03. The Morgan fingerprint density at radius 1 is 1.25 bits per heavy atom. The average Bonchev–Trinajstić information content (AvgIpc) is 2.30. The van der Waals surface area contributed by atoms with Crippen LogP contribution >= 0.6 is 0 Å². The lowest BCUT2D eigenvalue weighted by Gasteiger charge is -2.00. The van der Waals surface area contributed by atoms with Crippen molar-refractivity contribution in [3.05, 3.63) is 47.7 Å². The second-order valence-corrected chi connectivity index (χ2v) is 3.91. The third-order valence-corrected chi connectivity index (χ3v) is 2.44. The molecular formula is C14H19NO. The van der Waals surface area contributed by atoms with E-state index in [4.69, 9.17) is 5.73 Å². The molecule has 2 N–H and O–H groups in total. The van der Waals surface area contributed by atoms with Crippen molar-refractivity contribution in [1.29, 1.82) is 0 Å². The highest BCUT2D eigenvalue weighted by Gasteiger charge is 2.01. The molecule has 0 amide bonds. The topological polar surface area (TPSA) is 43.1 Å². The highest BCUT2D eigenvalue weighted by atomic mass is 16.1. The zero-order chi connectivity index (χ0) is 11.8. The fourth-order valence-electron chi connectivity index (χ4n) is 1.51. The van der Waals surface area contributed by atoms with Crippen LogP contribution in [0.25, 0.3) is 0 Å². The molecule has 1 rings (SSSR count). The van der Waals surface area contributed by atoms with E-state index < -0.39 is 0 Å². The van der Waals surface area contributed by atoms with E-state index >= 15 is 0 Å². The maximum absolute atomic E-state index is 11.7. The lowest BCUT2D eigenvalue weighted by atomic mass is 10.1. The van der Waals surface area contributed by atoms with E-state index in [9.17, 15) is 4.79 Å². The molecule has 0 radical (unpaired) electrons. The van der Waals surface area contributed by atoms with E-state index in [-0.39, 0.29) is 5.78 Å². The van der Waals surface area contributed by atoms with Crippen molar-refractivity contribution in [1.82, 2.24) is 0 Å². The van der Waals surface area contributed by atoms with Gasteiger partial charge in [0.05, 0.1) is 0 Å².